The highest BCUT2D eigenvalue weighted by Gasteiger charge is 2.45. The minimum atomic E-state index is -0.288. The lowest BCUT2D eigenvalue weighted by Crippen LogP contribution is -2.56. The van der Waals surface area contributed by atoms with E-state index in [1.54, 1.807) is 0 Å². The molecule has 2 atom stereocenters. The van der Waals surface area contributed by atoms with Crippen LogP contribution in [0.1, 0.15) is 39.5 Å². The Morgan fingerprint density at radius 3 is 2.58 bits per heavy atom. The third-order valence-corrected chi connectivity index (χ3v) is 4.63. The van der Waals surface area contributed by atoms with Gasteiger partial charge in [-0.15, -0.1) is 0 Å². The summed E-state index contributed by atoms with van der Waals surface area (Å²) in [5.41, 5.74) is 0. The number of rotatable bonds is 5. The van der Waals surface area contributed by atoms with Gasteiger partial charge in [0.25, 0.3) is 0 Å². The third-order valence-electron chi connectivity index (χ3n) is 4.63. The van der Waals surface area contributed by atoms with E-state index in [0.717, 1.165) is 44.9 Å². The third kappa shape index (κ3) is 3.69. The highest BCUT2D eigenvalue weighted by Crippen LogP contribution is 2.37. The molecule has 2 aliphatic rings. The lowest BCUT2D eigenvalue weighted by Gasteiger charge is -2.45. The van der Waals surface area contributed by atoms with Crippen LogP contribution in [0.2, 0.25) is 0 Å². The van der Waals surface area contributed by atoms with E-state index in [9.17, 15) is 0 Å². The molecule has 2 fully saturated rings. The average Bonchev–Trinajstić information content (AvgIpc) is 2.84. The van der Waals surface area contributed by atoms with E-state index in [0.29, 0.717) is 12.1 Å². The Morgan fingerprint density at radius 2 is 2.00 bits per heavy atom. The van der Waals surface area contributed by atoms with Crippen molar-refractivity contribution in [1.29, 1.82) is 0 Å². The summed E-state index contributed by atoms with van der Waals surface area (Å²) in [6.45, 7) is 7.24. The van der Waals surface area contributed by atoms with Gasteiger partial charge < -0.3 is 19.7 Å². The molecule has 2 rings (SSSR count). The molecule has 19 heavy (non-hydrogen) atoms. The molecular formula is C15H30N2O2. The second kappa shape index (κ2) is 6.53. The minimum absolute atomic E-state index is 0.288. The number of ether oxygens (including phenoxy) is 2. The molecular weight excluding hydrogens is 240 g/mol. The van der Waals surface area contributed by atoms with Crippen molar-refractivity contribution in [3.63, 3.8) is 0 Å². The molecule has 0 radical (unpaired) electrons. The molecule has 1 saturated heterocycles. The maximum absolute atomic E-state index is 5.90. The normalized spacial score (nSPS) is 30.6. The predicted molar refractivity (Wildman–Crippen MR) is 77.2 cm³/mol. The zero-order valence-electron chi connectivity index (χ0n) is 12.9. The Hall–Kier alpha value is -0.160. The fraction of sp³-hybridized carbons (Fsp3) is 1.00. The van der Waals surface area contributed by atoms with Gasteiger partial charge in [0.2, 0.25) is 0 Å². The van der Waals surface area contributed by atoms with Crippen LogP contribution in [0.25, 0.3) is 0 Å². The number of nitrogens with zero attached hydrogens (tertiary/aromatic N) is 1. The van der Waals surface area contributed by atoms with Crippen molar-refractivity contribution in [3.8, 4) is 0 Å². The molecule has 1 saturated carbocycles. The maximum atomic E-state index is 5.90. The van der Waals surface area contributed by atoms with Gasteiger partial charge in [0.1, 0.15) is 0 Å². The Kier molecular flexibility index (Phi) is 5.23. The van der Waals surface area contributed by atoms with Gasteiger partial charge in [0.15, 0.2) is 5.79 Å². The Labute approximate surface area is 117 Å². The van der Waals surface area contributed by atoms with Crippen LogP contribution >= 0.6 is 0 Å². The molecule has 0 amide bonds. The lowest BCUT2D eigenvalue weighted by atomic mass is 9.84. The van der Waals surface area contributed by atoms with Crippen LogP contribution in [0.5, 0.6) is 0 Å². The van der Waals surface area contributed by atoms with Gasteiger partial charge in [-0.05, 0) is 39.4 Å². The molecule has 4 heteroatoms. The van der Waals surface area contributed by atoms with Gasteiger partial charge in [-0.25, -0.2) is 0 Å². The van der Waals surface area contributed by atoms with Gasteiger partial charge in [0.05, 0.1) is 13.2 Å². The fourth-order valence-electron chi connectivity index (χ4n) is 3.32. The summed E-state index contributed by atoms with van der Waals surface area (Å²) in [5, 5.41) is 3.48. The highest BCUT2D eigenvalue weighted by atomic mass is 16.7. The molecule has 0 aromatic heterocycles. The Bertz CT molecular complexity index is 277. The van der Waals surface area contributed by atoms with E-state index in [-0.39, 0.29) is 5.79 Å². The van der Waals surface area contributed by atoms with E-state index >= 15 is 0 Å². The van der Waals surface area contributed by atoms with E-state index < -0.39 is 0 Å². The van der Waals surface area contributed by atoms with Crippen LogP contribution in [-0.4, -0.2) is 56.6 Å². The number of hydrogen-bond donors (Lipinski definition) is 1. The van der Waals surface area contributed by atoms with Gasteiger partial charge >= 0.3 is 0 Å². The summed E-state index contributed by atoms with van der Waals surface area (Å²) in [6, 6.07) is 1.06. The van der Waals surface area contributed by atoms with Crippen LogP contribution in [0.15, 0.2) is 0 Å². The standard InChI is InChI=1S/C15H30N2O2/c1-12(2)6-8-17(4)14-11-15(18-9-10-19-15)7-5-13(14)16-3/h12-14,16H,5-11H2,1-4H3. The number of nitrogens with one attached hydrogen (secondary N) is 1. The van der Waals surface area contributed by atoms with Crippen molar-refractivity contribution in [2.75, 3.05) is 33.9 Å². The van der Waals surface area contributed by atoms with E-state index in [1.807, 2.05) is 0 Å². The van der Waals surface area contributed by atoms with Crippen molar-refractivity contribution >= 4 is 0 Å². The van der Waals surface area contributed by atoms with Gasteiger partial charge in [-0.3, -0.25) is 0 Å². The molecule has 0 aromatic rings. The Morgan fingerprint density at radius 1 is 1.32 bits per heavy atom. The first-order valence-electron chi connectivity index (χ1n) is 7.72. The first-order chi connectivity index (χ1) is 9.06. The zero-order valence-corrected chi connectivity index (χ0v) is 12.9. The van der Waals surface area contributed by atoms with Crippen molar-refractivity contribution in [1.82, 2.24) is 10.2 Å². The van der Waals surface area contributed by atoms with Crippen molar-refractivity contribution in [2.45, 2.75) is 57.4 Å². The van der Waals surface area contributed by atoms with Crippen molar-refractivity contribution in [2.24, 2.45) is 5.92 Å². The molecule has 1 aliphatic heterocycles. The van der Waals surface area contributed by atoms with E-state index in [1.165, 1.54) is 6.42 Å². The Balaban J connectivity index is 1.96. The summed E-state index contributed by atoms with van der Waals surface area (Å²) >= 11 is 0. The number of likely N-dealkylation sites (N-methyl/N-ethyl adjacent to an activating group) is 2. The molecule has 1 aliphatic carbocycles. The van der Waals surface area contributed by atoms with Crippen LogP contribution in [0.4, 0.5) is 0 Å². The first-order valence-corrected chi connectivity index (χ1v) is 7.72. The summed E-state index contributed by atoms with van der Waals surface area (Å²) in [5.74, 6) is 0.469. The SMILES string of the molecule is CNC1CCC2(CC1N(C)CCC(C)C)OCCO2. The fourth-order valence-corrected chi connectivity index (χ4v) is 3.32. The first kappa shape index (κ1) is 15.2. The van der Waals surface area contributed by atoms with E-state index in [2.05, 4.69) is 38.2 Å². The number of hydrogen-bond acceptors (Lipinski definition) is 4. The van der Waals surface area contributed by atoms with Crippen LogP contribution in [0.3, 0.4) is 0 Å². The predicted octanol–water partition coefficient (Wildman–Crippen LogP) is 1.85. The molecule has 0 aromatic carbocycles. The average molecular weight is 270 g/mol. The summed E-state index contributed by atoms with van der Waals surface area (Å²) in [7, 11) is 4.31. The topological polar surface area (TPSA) is 33.7 Å². The van der Waals surface area contributed by atoms with Crippen molar-refractivity contribution < 1.29 is 9.47 Å². The minimum Gasteiger partial charge on any atom is -0.347 e. The summed E-state index contributed by atoms with van der Waals surface area (Å²) < 4.78 is 11.8. The zero-order chi connectivity index (χ0) is 13.9. The van der Waals surface area contributed by atoms with Crippen LogP contribution < -0.4 is 5.32 Å². The van der Waals surface area contributed by atoms with E-state index in [4.69, 9.17) is 9.47 Å². The highest BCUT2D eigenvalue weighted by molar-refractivity contribution is 4.95. The second-order valence-corrected chi connectivity index (χ2v) is 6.48. The quantitative estimate of drug-likeness (QED) is 0.826. The largest absolute Gasteiger partial charge is 0.347 e. The molecule has 1 heterocycles. The van der Waals surface area contributed by atoms with Gasteiger partial charge in [0, 0.05) is 24.9 Å². The van der Waals surface area contributed by atoms with Crippen LogP contribution in [-0.2, 0) is 9.47 Å². The molecule has 1 N–H and O–H groups in total. The smallest absolute Gasteiger partial charge is 0.170 e. The summed E-state index contributed by atoms with van der Waals surface area (Å²) in [6.07, 6.45) is 4.39. The lowest BCUT2D eigenvalue weighted by molar-refractivity contribution is -0.192. The molecule has 2 unspecified atom stereocenters. The molecule has 0 bridgehead atoms. The monoisotopic (exact) mass is 270 g/mol. The maximum Gasteiger partial charge on any atom is 0.170 e. The van der Waals surface area contributed by atoms with Crippen molar-refractivity contribution in [3.05, 3.63) is 0 Å². The molecule has 4 nitrogen and oxygen atoms in total. The molecule has 112 valence electrons. The molecule has 1 spiro atoms. The summed E-state index contributed by atoms with van der Waals surface area (Å²) in [4.78, 5) is 2.49. The van der Waals surface area contributed by atoms with Crippen LogP contribution in [0, 0.1) is 5.92 Å². The van der Waals surface area contributed by atoms with Gasteiger partial charge in [-0.2, -0.15) is 0 Å². The second-order valence-electron chi connectivity index (χ2n) is 6.48. The van der Waals surface area contributed by atoms with Gasteiger partial charge in [-0.1, -0.05) is 13.8 Å².